The Hall–Kier alpha value is -1.33. The van der Waals surface area contributed by atoms with Crippen LogP contribution in [0.2, 0.25) is 0 Å². The summed E-state index contributed by atoms with van der Waals surface area (Å²) in [5, 5.41) is 11.3. The number of hydrogen-bond acceptors (Lipinski definition) is 4. The van der Waals surface area contributed by atoms with Gasteiger partial charge in [0.1, 0.15) is 11.4 Å². The molecule has 0 aromatic carbocycles. The van der Waals surface area contributed by atoms with Crippen molar-refractivity contribution >= 4 is 24.2 Å². The van der Waals surface area contributed by atoms with Crippen molar-refractivity contribution in [3.05, 3.63) is 23.9 Å². The largest absolute Gasteiger partial charge is 0.478 e. The highest BCUT2D eigenvalue weighted by molar-refractivity contribution is 5.92. The molecule has 0 unspecified atom stereocenters. The highest BCUT2D eigenvalue weighted by Gasteiger charge is 2.07. The number of aromatic carboxylic acids is 1. The van der Waals surface area contributed by atoms with Crippen molar-refractivity contribution < 1.29 is 9.90 Å². The zero-order chi connectivity index (χ0) is 10.3. The van der Waals surface area contributed by atoms with Crippen LogP contribution in [0.3, 0.4) is 0 Å². The van der Waals surface area contributed by atoms with Gasteiger partial charge in [-0.15, -0.1) is 12.4 Å². The maximum Gasteiger partial charge on any atom is 0.339 e. The van der Waals surface area contributed by atoms with Crippen molar-refractivity contribution in [3.8, 4) is 0 Å². The lowest BCUT2D eigenvalue weighted by Gasteiger charge is -2.01. The van der Waals surface area contributed by atoms with Crippen LogP contribution >= 0.6 is 12.4 Å². The van der Waals surface area contributed by atoms with E-state index in [0.717, 1.165) is 0 Å². The predicted molar refractivity (Wildman–Crippen MR) is 58.1 cm³/mol. The molecule has 0 saturated carbocycles. The van der Waals surface area contributed by atoms with Crippen LogP contribution < -0.4 is 11.1 Å². The van der Waals surface area contributed by atoms with E-state index in [2.05, 4.69) is 16.0 Å². The molecule has 0 atom stereocenters. The van der Waals surface area contributed by atoms with Crippen LogP contribution in [0.25, 0.3) is 0 Å². The fourth-order valence-electron chi connectivity index (χ4n) is 0.777. The Morgan fingerprint density at radius 3 is 2.50 bits per heavy atom. The molecule has 0 saturated heterocycles. The summed E-state index contributed by atoms with van der Waals surface area (Å²) in [6.07, 6.45) is 1.54. The lowest BCUT2D eigenvalue weighted by molar-refractivity contribution is 0.0697. The highest BCUT2D eigenvalue weighted by atomic mass is 35.5. The minimum Gasteiger partial charge on any atom is -0.478 e. The average molecular weight is 220 g/mol. The maximum absolute atomic E-state index is 10.5. The maximum atomic E-state index is 10.5. The molecular formula is C8H14ClN3O2. The fraction of sp³-hybridized carbons (Fsp3) is 0.250. The molecule has 0 amide bonds. The number of halogens is 1. The SMILES string of the molecule is CN.CNc1ncccc1C(=O)O.Cl. The van der Waals surface area contributed by atoms with Crippen LogP contribution in [-0.2, 0) is 0 Å². The van der Waals surface area contributed by atoms with Gasteiger partial charge in [-0.3, -0.25) is 0 Å². The average Bonchev–Trinajstić information content (AvgIpc) is 2.20. The Labute approximate surface area is 88.8 Å². The van der Waals surface area contributed by atoms with Crippen molar-refractivity contribution in [2.24, 2.45) is 5.73 Å². The number of pyridine rings is 1. The summed E-state index contributed by atoms with van der Waals surface area (Å²) in [5.41, 5.74) is 4.69. The standard InChI is InChI=1S/C7H8N2O2.CH5N.ClH/c1-8-6-5(7(10)11)3-2-4-9-6;1-2;/h2-4H,1H3,(H,8,9)(H,10,11);2H2,1H3;1H. The van der Waals surface area contributed by atoms with E-state index in [4.69, 9.17) is 5.11 Å². The fourth-order valence-corrected chi connectivity index (χ4v) is 0.777. The molecule has 0 radical (unpaired) electrons. The summed E-state index contributed by atoms with van der Waals surface area (Å²) >= 11 is 0. The van der Waals surface area contributed by atoms with E-state index in [1.54, 1.807) is 13.1 Å². The van der Waals surface area contributed by atoms with Crippen LogP contribution in [0.1, 0.15) is 10.4 Å². The van der Waals surface area contributed by atoms with Gasteiger partial charge in [0.2, 0.25) is 0 Å². The van der Waals surface area contributed by atoms with Gasteiger partial charge in [0.05, 0.1) is 0 Å². The summed E-state index contributed by atoms with van der Waals surface area (Å²) in [6, 6.07) is 3.09. The first kappa shape index (κ1) is 15.2. The van der Waals surface area contributed by atoms with Gasteiger partial charge in [0.25, 0.3) is 0 Å². The van der Waals surface area contributed by atoms with Gasteiger partial charge in [-0.05, 0) is 19.2 Å². The molecule has 1 aromatic rings. The third-order valence-electron chi connectivity index (χ3n) is 1.27. The molecule has 80 valence electrons. The smallest absolute Gasteiger partial charge is 0.339 e. The quantitative estimate of drug-likeness (QED) is 0.685. The van der Waals surface area contributed by atoms with Crippen LogP contribution in [0.5, 0.6) is 0 Å². The molecule has 1 aromatic heterocycles. The monoisotopic (exact) mass is 219 g/mol. The molecule has 0 bridgehead atoms. The van der Waals surface area contributed by atoms with E-state index >= 15 is 0 Å². The van der Waals surface area contributed by atoms with Crippen LogP contribution in [0.15, 0.2) is 18.3 Å². The lowest BCUT2D eigenvalue weighted by Crippen LogP contribution is -2.03. The highest BCUT2D eigenvalue weighted by Crippen LogP contribution is 2.09. The van der Waals surface area contributed by atoms with E-state index in [9.17, 15) is 4.79 Å². The molecule has 0 aliphatic rings. The number of nitrogens with one attached hydrogen (secondary N) is 1. The van der Waals surface area contributed by atoms with Crippen LogP contribution in [0, 0.1) is 0 Å². The normalized spacial score (nSPS) is 7.64. The Kier molecular flexibility index (Phi) is 8.96. The van der Waals surface area contributed by atoms with Gasteiger partial charge in [-0.2, -0.15) is 0 Å². The van der Waals surface area contributed by atoms with Gasteiger partial charge in [0, 0.05) is 13.2 Å². The number of rotatable bonds is 2. The number of carboxylic acids is 1. The second kappa shape index (κ2) is 8.28. The third-order valence-corrected chi connectivity index (χ3v) is 1.27. The second-order valence-electron chi connectivity index (χ2n) is 1.95. The number of anilines is 1. The van der Waals surface area contributed by atoms with Crippen LogP contribution in [0.4, 0.5) is 5.82 Å². The number of nitrogens with zero attached hydrogens (tertiary/aromatic N) is 1. The van der Waals surface area contributed by atoms with E-state index < -0.39 is 5.97 Å². The van der Waals surface area contributed by atoms with Gasteiger partial charge >= 0.3 is 5.97 Å². The molecule has 5 nitrogen and oxygen atoms in total. The minimum atomic E-state index is -0.970. The molecule has 0 spiro atoms. The van der Waals surface area contributed by atoms with Gasteiger partial charge in [0.15, 0.2) is 0 Å². The van der Waals surface area contributed by atoms with Gasteiger partial charge in [-0.25, -0.2) is 9.78 Å². The Morgan fingerprint density at radius 2 is 2.14 bits per heavy atom. The molecule has 0 fully saturated rings. The van der Waals surface area contributed by atoms with E-state index in [1.807, 2.05) is 0 Å². The molecule has 0 aliphatic heterocycles. The second-order valence-corrected chi connectivity index (χ2v) is 1.95. The predicted octanol–water partition coefficient (Wildman–Crippen LogP) is 0.818. The van der Waals surface area contributed by atoms with Gasteiger partial charge in [-0.1, -0.05) is 0 Å². The summed E-state index contributed by atoms with van der Waals surface area (Å²) in [4.78, 5) is 14.3. The number of hydrogen-bond donors (Lipinski definition) is 3. The number of aromatic nitrogens is 1. The van der Waals surface area contributed by atoms with Crippen molar-refractivity contribution in [1.82, 2.24) is 4.98 Å². The van der Waals surface area contributed by atoms with Crippen LogP contribution in [-0.4, -0.2) is 30.2 Å². The van der Waals surface area contributed by atoms with E-state index in [0.29, 0.717) is 5.82 Å². The molecule has 1 heterocycles. The molecule has 4 N–H and O–H groups in total. The van der Waals surface area contributed by atoms with Crippen molar-refractivity contribution in [2.75, 3.05) is 19.4 Å². The summed E-state index contributed by atoms with van der Waals surface area (Å²) in [7, 11) is 3.13. The summed E-state index contributed by atoms with van der Waals surface area (Å²) in [6.45, 7) is 0. The minimum absolute atomic E-state index is 0. The third kappa shape index (κ3) is 4.06. The Balaban J connectivity index is 0. The number of carbonyl (C=O) groups is 1. The number of carboxylic acid groups (broad SMARTS) is 1. The van der Waals surface area contributed by atoms with Crippen molar-refractivity contribution in [2.45, 2.75) is 0 Å². The first-order chi connectivity index (χ1) is 6.25. The van der Waals surface area contributed by atoms with Gasteiger partial charge < -0.3 is 16.2 Å². The van der Waals surface area contributed by atoms with E-state index in [-0.39, 0.29) is 18.0 Å². The summed E-state index contributed by atoms with van der Waals surface area (Å²) in [5.74, 6) is -0.581. The molecule has 0 aliphatic carbocycles. The Morgan fingerprint density at radius 1 is 1.57 bits per heavy atom. The first-order valence-electron chi connectivity index (χ1n) is 3.69. The zero-order valence-electron chi connectivity index (χ0n) is 8.02. The first-order valence-corrected chi connectivity index (χ1v) is 3.69. The van der Waals surface area contributed by atoms with Crippen molar-refractivity contribution in [1.29, 1.82) is 0 Å². The zero-order valence-corrected chi connectivity index (χ0v) is 8.84. The number of nitrogens with two attached hydrogens (primary N) is 1. The summed E-state index contributed by atoms with van der Waals surface area (Å²) < 4.78 is 0. The molecular weight excluding hydrogens is 206 g/mol. The lowest BCUT2D eigenvalue weighted by atomic mass is 10.2. The van der Waals surface area contributed by atoms with Crippen molar-refractivity contribution in [3.63, 3.8) is 0 Å². The Bertz CT molecular complexity index is 281. The van der Waals surface area contributed by atoms with E-state index in [1.165, 1.54) is 19.3 Å². The molecule has 14 heavy (non-hydrogen) atoms. The molecule has 1 rings (SSSR count). The topological polar surface area (TPSA) is 88.2 Å². The molecule has 6 heteroatoms.